The van der Waals surface area contributed by atoms with E-state index in [1.165, 1.54) is 38.4 Å². The zero-order valence-electron chi connectivity index (χ0n) is 11.5. The van der Waals surface area contributed by atoms with Crippen molar-refractivity contribution in [1.82, 2.24) is 10.2 Å². The molecule has 1 aromatic carbocycles. The van der Waals surface area contributed by atoms with Crippen molar-refractivity contribution in [2.45, 2.75) is 38.8 Å². The van der Waals surface area contributed by atoms with E-state index in [1.807, 2.05) is 0 Å². The predicted octanol–water partition coefficient (Wildman–Crippen LogP) is 3.44. The number of nitrogens with one attached hydrogen (secondary N) is 1. The van der Waals surface area contributed by atoms with E-state index in [9.17, 15) is 4.39 Å². The first-order chi connectivity index (χ1) is 9.16. The Morgan fingerprint density at radius 2 is 2.05 bits per heavy atom. The summed E-state index contributed by atoms with van der Waals surface area (Å²) < 4.78 is 13.6. The molecule has 106 valence electrons. The van der Waals surface area contributed by atoms with E-state index < -0.39 is 0 Å². The van der Waals surface area contributed by atoms with E-state index >= 15 is 0 Å². The summed E-state index contributed by atoms with van der Waals surface area (Å²) in [6.45, 7) is 6.07. The molecule has 0 spiro atoms. The first-order valence-electron chi connectivity index (χ1n) is 7.05. The van der Waals surface area contributed by atoms with Gasteiger partial charge < -0.3 is 5.32 Å². The van der Waals surface area contributed by atoms with E-state index in [2.05, 4.69) is 17.1 Å². The summed E-state index contributed by atoms with van der Waals surface area (Å²) in [4.78, 5) is 2.51. The second-order valence-electron chi connectivity index (χ2n) is 5.31. The molecule has 0 amide bonds. The monoisotopic (exact) mass is 284 g/mol. The van der Waals surface area contributed by atoms with Gasteiger partial charge in [0.15, 0.2) is 0 Å². The molecule has 1 heterocycles. The van der Waals surface area contributed by atoms with Gasteiger partial charge in [0.25, 0.3) is 0 Å². The summed E-state index contributed by atoms with van der Waals surface area (Å²) in [6.07, 6.45) is 3.96. The molecule has 1 aromatic rings. The molecular weight excluding hydrogens is 263 g/mol. The van der Waals surface area contributed by atoms with Crippen molar-refractivity contribution in [2.24, 2.45) is 0 Å². The highest BCUT2D eigenvalue weighted by Gasteiger charge is 2.16. The topological polar surface area (TPSA) is 15.3 Å². The SMILES string of the molecule is CC(CNCc1ccc(Cl)cc1F)N1CCCCC1. The van der Waals surface area contributed by atoms with E-state index in [-0.39, 0.29) is 5.82 Å². The second kappa shape index (κ2) is 7.22. The number of halogens is 2. The zero-order valence-corrected chi connectivity index (χ0v) is 12.2. The van der Waals surface area contributed by atoms with Crippen molar-refractivity contribution >= 4 is 11.6 Å². The number of hydrogen-bond donors (Lipinski definition) is 1. The van der Waals surface area contributed by atoms with Crippen LogP contribution in [-0.2, 0) is 6.54 Å². The molecule has 1 unspecified atom stereocenters. The fourth-order valence-electron chi connectivity index (χ4n) is 2.57. The van der Waals surface area contributed by atoms with Crippen molar-refractivity contribution in [3.05, 3.63) is 34.6 Å². The molecule has 4 heteroatoms. The van der Waals surface area contributed by atoms with Crippen LogP contribution < -0.4 is 5.32 Å². The maximum Gasteiger partial charge on any atom is 0.129 e. The largest absolute Gasteiger partial charge is 0.311 e. The first kappa shape index (κ1) is 14.8. The van der Waals surface area contributed by atoms with Crippen molar-refractivity contribution in [3.63, 3.8) is 0 Å². The Balaban J connectivity index is 1.76. The van der Waals surface area contributed by atoms with E-state index in [4.69, 9.17) is 11.6 Å². The molecular formula is C15H22ClFN2. The van der Waals surface area contributed by atoms with Crippen LogP contribution in [0.2, 0.25) is 5.02 Å². The molecule has 0 radical (unpaired) electrons. The summed E-state index contributed by atoms with van der Waals surface area (Å²) in [5.41, 5.74) is 0.676. The van der Waals surface area contributed by atoms with Gasteiger partial charge in [0.05, 0.1) is 0 Å². The molecule has 1 N–H and O–H groups in total. The Kier molecular flexibility index (Phi) is 5.61. The Labute approximate surface area is 119 Å². The van der Waals surface area contributed by atoms with Crippen LogP contribution >= 0.6 is 11.6 Å². The lowest BCUT2D eigenvalue weighted by molar-refractivity contribution is 0.170. The smallest absolute Gasteiger partial charge is 0.129 e. The van der Waals surface area contributed by atoms with Crippen LogP contribution in [-0.4, -0.2) is 30.6 Å². The summed E-state index contributed by atoms with van der Waals surface area (Å²) in [5.74, 6) is -0.231. The van der Waals surface area contributed by atoms with E-state index in [0.29, 0.717) is 23.2 Å². The van der Waals surface area contributed by atoms with Crippen molar-refractivity contribution in [3.8, 4) is 0 Å². The van der Waals surface area contributed by atoms with Crippen LogP contribution in [0.5, 0.6) is 0 Å². The number of piperidine rings is 1. The standard InChI is InChI=1S/C15H22ClFN2/c1-12(19-7-3-2-4-8-19)10-18-11-13-5-6-14(16)9-15(13)17/h5-6,9,12,18H,2-4,7-8,10-11H2,1H3. The van der Waals surface area contributed by atoms with Crippen LogP contribution in [0.25, 0.3) is 0 Å². The van der Waals surface area contributed by atoms with Gasteiger partial charge in [-0.1, -0.05) is 24.1 Å². The Morgan fingerprint density at radius 3 is 2.74 bits per heavy atom. The molecule has 0 aromatic heterocycles. The molecule has 0 aliphatic carbocycles. The molecule has 0 saturated carbocycles. The average molecular weight is 285 g/mol. The lowest BCUT2D eigenvalue weighted by atomic mass is 10.1. The van der Waals surface area contributed by atoms with Crippen LogP contribution in [0.1, 0.15) is 31.7 Å². The lowest BCUT2D eigenvalue weighted by Gasteiger charge is -2.32. The van der Waals surface area contributed by atoms with Gasteiger partial charge in [-0.3, -0.25) is 4.90 Å². The fourth-order valence-corrected chi connectivity index (χ4v) is 2.73. The van der Waals surface area contributed by atoms with Crippen molar-refractivity contribution in [1.29, 1.82) is 0 Å². The normalized spacial score (nSPS) is 18.5. The highest BCUT2D eigenvalue weighted by atomic mass is 35.5. The number of rotatable bonds is 5. The Morgan fingerprint density at radius 1 is 1.32 bits per heavy atom. The van der Waals surface area contributed by atoms with Gasteiger partial charge in [0.1, 0.15) is 5.82 Å². The minimum absolute atomic E-state index is 0.231. The second-order valence-corrected chi connectivity index (χ2v) is 5.75. The molecule has 2 nitrogen and oxygen atoms in total. The highest BCUT2D eigenvalue weighted by Crippen LogP contribution is 2.15. The minimum Gasteiger partial charge on any atom is -0.311 e. The third kappa shape index (κ3) is 4.44. The molecule has 0 bridgehead atoms. The third-order valence-corrected chi connectivity index (χ3v) is 4.02. The molecule has 2 rings (SSSR count). The number of hydrogen-bond acceptors (Lipinski definition) is 2. The summed E-state index contributed by atoms with van der Waals surface area (Å²) in [7, 11) is 0. The van der Waals surface area contributed by atoms with Crippen LogP contribution in [0.3, 0.4) is 0 Å². The first-order valence-corrected chi connectivity index (χ1v) is 7.43. The predicted molar refractivity (Wildman–Crippen MR) is 78.0 cm³/mol. The number of likely N-dealkylation sites (tertiary alicyclic amines) is 1. The summed E-state index contributed by atoms with van der Waals surface area (Å²) >= 11 is 5.74. The number of nitrogens with zero attached hydrogens (tertiary/aromatic N) is 1. The van der Waals surface area contributed by atoms with Crippen molar-refractivity contribution < 1.29 is 4.39 Å². The van der Waals surface area contributed by atoms with Crippen molar-refractivity contribution in [2.75, 3.05) is 19.6 Å². The van der Waals surface area contributed by atoms with Gasteiger partial charge in [0.2, 0.25) is 0 Å². The molecule has 19 heavy (non-hydrogen) atoms. The van der Waals surface area contributed by atoms with Gasteiger partial charge in [-0.05, 0) is 45.0 Å². The lowest BCUT2D eigenvalue weighted by Crippen LogP contribution is -2.43. The highest BCUT2D eigenvalue weighted by molar-refractivity contribution is 6.30. The van der Waals surface area contributed by atoms with E-state index in [0.717, 1.165) is 6.54 Å². The summed E-state index contributed by atoms with van der Waals surface area (Å²) in [6, 6.07) is 5.36. The van der Waals surface area contributed by atoms with Gasteiger partial charge in [0, 0.05) is 29.7 Å². The Hall–Kier alpha value is -0.640. The number of benzene rings is 1. The van der Waals surface area contributed by atoms with Gasteiger partial charge in [-0.15, -0.1) is 0 Å². The molecule has 1 atom stereocenters. The fraction of sp³-hybridized carbons (Fsp3) is 0.600. The average Bonchev–Trinajstić information content (AvgIpc) is 2.42. The molecule has 1 aliphatic heterocycles. The molecule has 1 saturated heterocycles. The minimum atomic E-state index is -0.231. The quantitative estimate of drug-likeness (QED) is 0.891. The zero-order chi connectivity index (χ0) is 13.7. The molecule has 1 aliphatic rings. The van der Waals surface area contributed by atoms with Crippen LogP contribution in [0.4, 0.5) is 4.39 Å². The third-order valence-electron chi connectivity index (χ3n) is 3.78. The van der Waals surface area contributed by atoms with Crippen LogP contribution in [0.15, 0.2) is 18.2 Å². The van der Waals surface area contributed by atoms with E-state index in [1.54, 1.807) is 12.1 Å². The van der Waals surface area contributed by atoms with Crippen LogP contribution in [0, 0.1) is 5.82 Å². The maximum atomic E-state index is 13.6. The van der Waals surface area contributed by atoms with Gasteiger partial charge in [-0.25, -0.2) is 4.39 Å². The molecule has 1 fully saturated rings. The van der Waals surface area contributed by atoms with Gasteiger partial charge in [-0.2, -0.15) is 0 Å². The maximum absolute atomic E-state index is 13.6. The Bertz CT molecular complexity index is 405. The van der Waals surface area contributed by atoms with Gasteiger partial charge >= 0.3 is 0 Å². The summed E-state index contributed by atoms with van der Waals surface area (Å²) in [5, 5.41) is 3.78.